The predicted molar refractivity (Wildman–Crippen MR) is 104 cm³/mol. The first-order valence-corrected chi connectivity index (χ1v) is 10.2. The van der Waals surface area contributed by atoms with E-state index in [4.69, 9.17) is 5.26 Å². The van der Waals surface area contributed by atoms with Gasteiger partial charge in [-0.1, -0.05) is 0 Å². The molecule has 1 unspecified atom stereocenters. The maximum Gasteiger partial charge on any atom is 0.417 e. The molecular formula is C19H17F3N2O2S2. The summed E-state index contributed by atoms with van der Waals surface area (Å²) in [6.07, 6.45) is -2.78. The van der Waals surface area contributed by atoms with Crippen molar-refractivity contribution in [3.05, 3.63) is 53.6 Å². The Hall–Kier alpha value is -2.15. The second-order valence-corrected chi connectivity index (χ2v) is 7.99. The molecule has 1 atom stereocenters. The van der Waals surface area contributed by atoms with E-state index in [0.717, 1.165) is 15.9 Å². The first kappa shape index (κ1) is 22.1. The fraction of sp³-hybridized carbons (Fsp3) is 0.263. The number of thioether (sulfide) groups is 2. The van der Waals surface area contributed by atoms with Gasteiger partial charge in [-0.2, -0.15) is 18.4 Å². The molecule has 9 heteroatoms. The van der Waals surface area contributed by atoms with E-state index < -0.39 is 28.8 Å². The number of hydrogen-bond acceptors (Lipinski definition) is 5. The average Bonchev–Trinajstić information content (AvgIpc) is 2.66. The number of amides is 1. The summed E-state index contributed by atoms with van der Waals surface area (Å²) < 4.78 is 39.1. The molecular weight excluding hydrogens is 409 g/mol. The van der Waals surface area contributed by atoms with Gasteiger partial charge in [0.15, 0.2) is 0 Å². The highest BCUT2D eigenvalue weighted by Gasteiger charge is 2.35. The zero-order valence-corrected chi connectivity index (χ0v) is 16.6. The molecule has 0 aliphatic rings. The Morgan fingerprint density at radius 1 is 1.18 bits per heavy atom. The van der Waals surface area contributed by atoms with Crippen LogP contribution >= 0.6 is 23.5 Å². The number of nitriles is 1. The van der Waals surface area contributed by atoms with Crippen LogP contribution in [0.1, 0.15) is 18.1 Å². The quantitative estimate of drug-likeness (QED) is 0.651. The van der Waals surface area contributed by atoms with Gasteiger partial charge in [-0.25, -0.2) is 0 Å². The second kappa shape index (κ2) is 8.90. The predicted octanol–water partition coefficient (Wildman–Crippen LogP) is 4.78. The monoisotopic (exact) mass is 426 g/mol. The molecule has 0 aliphatic carbocycles. The molecule has 2 rings (SSSR count). The molecule has 2 N–H and O–H groups in total. The molecule has 0 saturated carbocycles. The smallest absolute Gasteiger partial charge is 0.379 e. The molecule has 0 bridgehead atoms. The van der Waals surface area contributed by atoms with Crippen LogP contribution in [0.25, 0.3) is 0 Å². The third-order valence-corrected chi connectivity index (χ3v) is 5.83. The SMILES string of the molecule is CSc1ccc(SCC(C)(O)C(=O)Nc2ccc(C#N)c(C(F)(F)F)c2)cc1. The minimum atomic E-state index is -4.73. The van der Waals surface area contributed by atoms with Gasteiger partial charge >= 0.3 is 6.18 Å². The number of anilines is 1. The van der Waals surface area contributed by atoms with Gasteiger partial charge < -0.3 is 10.4 Å². The summed E-state index contributed by atoms with van der Waals surface area (Å²) >= 11 is 2.85. The van der Waals surface area contributed by atoms with Gasteiger partial charge in [-0.15, -0.1) is 23.5 Å². The van der Waals surface area contributed by atoms with Gasteiger partial charge in [0.1, 0.15) is 5.60 Å². The first-order valence-electron chi connectivity index (χ1n) is 7.99. The summed E-state index contributed by atoms with van der Waals surface area (Å²) in [5.74, 6) is -0.821. The van der Waals surface area contributed by atoms with Crippen LogP contribution in [-0.2, 0) is 11.0 Å². The molecule has 0 heterocycles. The fourth-order valence-electron chi connectivity index (χ4n) is 2.18. The van der Waals surface area contributed by atoms with Crippen molar-refractivity contribution in [1.29, 1.82) is 5.26 Å². The zero-order valence-electron chi connectivity index (χ0n) is 15.0. The lowest BCUT2D eigenvalue weighted by Gasteiger charge is -2.22. The van der Waals surface area contributed by atoms with Crippen LogP contribution in [0, 0.1) is 11.3 Å². The normalized spacial score (nSPS) is 13.5. The Morgan fingerprint density at radius 2 is 1.79 bits per heavy atom. The summed E-state index contributed by atoms with van der Waals surface area (Å²) in [5, 5.41) is 21.5. The van der Waals surface area contributed by atoms with E-state index in [1.165, 1.54) is 30.8 Å². The number of aliphatic hydroxyl groups is 1. The minimum absolute atomic E-state index is 0.0137. The highest BCUT2D eigenvalue weighted by atomic mass is 32.2. The summed E-state index contributed by atoms with van der Waals surface area (Å²) in [5.41, 5.74) is -3.64. The second-order valence-electron chi connectivity index (χ2n) is 6.06. The molecule has 148 valence electrons. The van der Waals surface area contributed by atoms with Crippen LogP contribution in [-0.4, -0.2) is 28.6 Å². The van der Waals surface area contributed by atoms with E-state index >= 15 is 0 Å². The van der Waals surface area contributed by atoms with Crippen molar-refractivity contribution in [3.63, 3.8) is 0 Å². The Labute approximate surface area is 169 Å². The van der Waals surface area contributed by atoms with Crippen molar-refractivity contribution in [2.45, 2.75) is 28.5 Å². The number of benzene rings is 2. The number of halogens is 3. The Morgan fingerprint density at radius 3 is 2.32 bits per heavy atom. The van der Waals surface area contributed by atoms with Crippen molar-refractivity contribution < 1.29 is 23.1 Å². The minimum Gasteiger partial charge on any atom is -0.379 e. The summed E-state index contributed by atoms with van der Waals surface area (Å²) in [6.45, 7) is 1.29. The van der Waals surface area contributed by atoms with E-state index in [9.17, 15) is 23.1 Å². The number of nitrogens with one attached hydrogen (secondary N) is 1. The van der Waals surface area contributed by atoms with Gasteiger partial charge in [0.2, 0.25) is 0 Å². The number of alkyl halides is 3. The van der Waals surface area contributed by atoms with Crippen LogP contribution in [0.3, 0.4) is 0 Å². The van der Waals surface area contributed by atoms with Gasteiger partial charge in [0.05, 0.1) is 17.2 Å². The standard InChI is InChI=1S/C19H17F3N2O2S2/c1-18(26,11-28-15-7-5-14(27-2)6-8-15)17(25)24-13-4-3-12(10-23)16(9-13)19(20,21)22/h3-9,26H,11H2,1-2H3,(H,24,25). The molecule has 2 aromatic carbocycles. The Bertz CT molecular complexity index is 892. The van der Waals surface area contributed by atoms with Crippen LogP contribution in [0.2, 0.25) is 0 Å². The summed E-state index contributed by atoms with van der Waals surface area (Å²) in [7, 11) is 0. The highest BCUT2D eigenvalue weighted by Crippen LogP contribution is 2.34. The van der Waals surface area contributed by atoms with Gasteiger partial charge in [-0.05, 0) is 55.6 Å². The molecule has 28 heavy (non-hydrogen) atoms. The highest BCUT2D eigenvalue weighted by molar-refractivity contribution is 7.99. The van der Waals surface area contributed by atoms with Crippen LogP contribution < -0.4 is 5.32 Å². The van der Waals surface area contributed by atoms with E-state index in [0.29, 0.717) is 6.07 Å². The van der Waals surface area contributed by atoms with Crippen molar-refractivity contribution in [2.24, 2.45) is 0 Å². The zero-order chi connectivity index (χ0) is 20.9. The Balaban J connectivity index is 2.09. The number of rotatable bonds is 6. The van der Waals surface area contributed by atoms with E-state index in [1.807, 2.05) is 30.5 Å². The van der Waals surface area contributed by atoms with Crippen LogP contribution in [0.5, 0.6) is 0 Å². The lowest BCUT2D eigenvalue weighted by molar-refractivity contribution is -0.137. The van der Waals surface area contributed by atoms with Gasteiger partial charge in [0.25, 0.3) is 5.91 Å². The van der Waals surface area contributed by atoms with Gasteiger partial charge in [-0.3, -0.25) is 4.79 Å². The number of hydrogen-bond donors (Lipinski definition) is 2. The molecule has 4 nitrogen and oxygen atoms in total. The largest absolute Gasteiger partial charge is 0.417 e. The molecule has 0 aromatic heterocycles. The van der Waals surface area contributed by atoms with Crippen LogP contribution in [0.4, 0.5) is 18.9 Å². The van der Waals surface area contributed by atoms with Crippen molar-refractivity contribution in [3.8, 4) is 6.07 Å². The maximum absolute atomic E-state index is 13.0. The lowest BCUT2D eigenvalue weighted by Crippen LogP contribution is -2.42. The molecule has 0 saturated heterocycles. The molecule has 0 spiro atoms. The first-order chi connectivity index (χ1) is 13.1. The topological polar surface area (TPSA) is 73.1 Å². The number of nitrogens with zero attached hydrogens (tertiary/aromatic N) is 1. The molecule has 0 aliphatic heterocycles. The summed E-state index contributed by atoms with van der Waals surface area (Å²) in [6, 6.07) is 11.9. The average molecular weight is 426 g/mol. The number of carbonyl (C=O) groups is 1. The fourth-order valence-corrected chi connectivity index (χ4v) is 3.50. The van der Waals surface area contributed by atoms with Gasteiger partial charge in [0, 0.05) is 21.2 Å². The summed E-state index contributed by atoms with van der Waals surface area (Å²) in [4.78, 5) is 14.3. The van der Waals surface area contributed by atoms with Crippen molar-refractivity contribution in [1.82, 2.24) is 0 Å². The van der Waals surface area contributed by atoms with E-state index in [1.54, 1.807) is 11.8 Å². The maximum atomic E-state index is 13.0. The van der Waals surface area contributed by atoms with Crippen LogP contribution in [0.15, 0.2) is 52.3 Å². The lowest BCUT2D eigenvalue weighted by atomic mass is 10.1. The third kappa shape index (κ3) is 5.67. The number of carbonyl (C=O) groups excluding carboxylic acids is 1. The Kier molecular flexibility index (Phi) is 7.04. The van der Waals surface area contributed by atoms with Crippen molar-refractivity contribution >= 4 is 35.1 Å². The molecule has 2 aromatic rings. The molecule has 1 amide bonds. The van der Waals surface area contributed by atoms with E-state index in [-0.39, 0.29) is 11.4 Å². The molecule has 0 radical (unpaired) electrons. The van der Waals surface area contributed by atoms with E-state index in [2.05, 4.69) is 5.32 Å². The van der Waals surface area contributed by atoms with Crippen molar-refractivity contribution in [2.75, 3.05) is 17.3 Å². The third-order valence-electron chi connectivity index (χ3n) is 3.77. The molecule has 0 fully saturated rings.